The first kappa shape index (κ1) is 21.5. The quantitative estimate of drug-likeness (QED) is 0.564. The molecule has 31 heavy (non-hydrogen) atoms. The Morgan fingerprint density at radius 3 is 2.55 bits per heavy atom. The van der Waals surface area contributed by atoms with Crippen LogP contribution >= 0.6 is 11.6 Å². The number of nitrogens with zero attached hydrogens (tertiary/aromatic N) is 1. The van der Waals surface area contributed by atoms with E-state index in [9.17, 15) is 28.2 Å². The van der Waals surface area contributed by atoms with E-state index in [1.165, 1.54) is 23.1 Å². The number of rotatable bonds is 4. The van der Waals surface area contributed by atoms with Gasteiger partial charge in [-0.15, -0.1) is 0 Å². The van der Waals surface area contributed by atoms with Gasteiger partial charge in [0.05, 0.1) is 5.52 Å². The molecule has 6 nitrogen and oxygen atoms in total. The molecule has 3 aromatic rings. The maximum absolute atomic E-state index is 14.2. The van der Waals surface area contributed by atoms with Crippen LogP contribution in [-0.4, -0.2) is 46.6 Å². The van der Waals surface area contributed by atoms with Crippen molar-refractivity contribution in [2.75, 3.05) is 24.6 Å². The highest BCUT2D eigenvalue weighted by Crippen LogP contribution is 2.33. The van der Waals surface area contributed by atoms with E-state index >= 15 is 0 Å². The lowest BCUT2D eigenvalue weighted by atomic mass is 9.89. The fourth-order valence-corrected chi connectivity index (χ4v) is 3.88. The highest BCUT2D eigenvalue weighted by molar-refractivity contribution is 6.30. The molecule has 0 saturated carbocycles. The summed E-state index contributed by atoms with van der Waals surface area (Å²) in [4.78, 5) is 15.1. The number of nitrogens with one attached hydrogen (secondary N) is 1. The van der Waals surface area contributed by atoms with Crippen LogP contribution in [0, 0.1) is 17.5 Å². The molecule has 0 bridgehead atoms. The SMILES string of the molecule is O=c1ccc2c(OCC3(O)CCN(c4c(F)cc(Cl)cc4F)CC3O)ccc(F)c2[nH]1. The average molecular weight is 455 g/mol. The lowest BCUT2D eigenvalue weighted by Gasteiger charge is -2.42. The summed E-state index contributed by atoms with van der Waals surface area (Å²) in [5, 5.41) is 21.6. The van der Waals surface area contributed by atoms with E-state index in [1.54, 1.807) is 0 Å². The van der Waals surface area contributed by atoms with Crippen LogP contribution < -0.4 is 15.2 Å². The van der Waals surface area contributed by atoms with Crippen molar-refractivity contribution in [3.05, 3.63) is 69.2 Å². The van der Waals surface area contributed by atoms with Gasteiger partial charge in [-0.3, -0.25) is 4.79 Å². The van der Waals surface area contributed by atoms with Crippen LogP contribution in [0.2, 0.25) is 5.02 Å². The van der Waals surface area contributed by atoms with E-state index in [0.29, 0.717) is 5.39 Å². The molecule has 0 amide bonds. The van der Waals surface area contributed by atoms with Crippen LogP contribution in [0.15, 0.2) is 41.2 Å². The van der Waals surface area contributed by atoms with Crippen molar-refractivity contribution in [2.45, 2.75) is 18.1 Å². The van der Waals surface area contributed by atoms with E-state index < -0.39 is 34.7 Å². The van der Waals surface area contributed by atoms with Crippen molar-refractivity contribution in [2.24, 2.45) is 0 Å². The highest BCUT2D eigenvalue weighted by atomic mass is 35.5. The molecule has 0 aliphatic carbocycles. The van der Waals surface area contributed by atoms with Gasteiger partial charge in [-0.1, -0.05) is 11.6 Å². The number of piperidine rings is 1. The second-order valence-corrected chi connectivity index (χ2v) is 7.92. The molecule has 0 radical (unpaired) electrons. The number of hydrogen-bond donors (Lipinski definition) is 3. The molecule has 2 aromatic carbocycles. The minimum atomic E-state index is -1.71. The Hall–Kier alpha value is -2.75. The molecule has 4 rings (SSSR count). The first-order valence-electron chi connectivity index (χ1n) is 9.42. The van der Waals surface area contributed by atoms with Gasteiger partial charge in [0.1, 0.15) is 35.6 Å². The Labute approximate surface area is 179 Å². The molecular weight excluding hydrogens is 437 g/mol. The Bertz CT molecular complexity index is 1180. The number of aliphatic hydroxyl groups is 2. The van der Waals surface area contributed by atoms with E-state index in [2.05, 4.69) is 4.98 Å². The topological polar surface area (TPSA) is 85.8 Å². The van der Waals surface area contributed by atoms with Crippen LogP contribution in [0.4, 0.5) is 18.9 Å². The van der Waals surface area contributed by atoms with Crippen LogP contribution in [-0.2, 0) is 0 Å². The largest absolute Gasteiger partial charge is 0.490 e. The van der Waals surface area contributed by atoms with Crippen molar-refractivity contribution < 1.29 is 28.1 Å². The number of H-pyrrole nitrogens is 1. The highest BCUT2D eigenvalue weighted by Gasteiger charge is 2.42. The van der Waals surface area contributed by atoms with Crippen molar-refractivity contribution in [1.82, 2.24) is 4.98 Å². The number of hydrogen-bond acceptors (Lipinski definition) is 5. The fourth-order valence-electron chi connectivity index (χ4n) is 3.69. The summed E-state index contributed by atoms with van der Waals surface area (Å²) < 4.78 is 48.0. The number of benzene rings is 2. The zero-order chi connectivity index (χ0) is 22.3. The molecule has 164 valence electrons. The predicted molar refractivity (Wildman–Crippen MR) is 109 cm³/mol. The molecule has 1 aliphatic heterocycles. The lowest BCUT2D eigenvalue weighted by Crippen LogP contribution is -2.58. The van der Waals surface area contributed by atoms with E-state index in [-0.39, 0.29) is 48.1 Å². The van der Waals surface area contributed by atoms with Crippen molar-refractivity contribution in [3.8, 4) is 5.75 Å². The average Bonchev–Trinajstić information content (AvgIpc) is 2.70. The second-order valence-electron chi connectivity index (χ2n) is 7.48. The summed E-state index contributed by atoms with van der Waals surface area (Å²) in [5.41, 5.74) is -2.56. The summed E-state index contributed by atoms with van der Waals surface area (Å²) in [6.45, 7) is -0.551. The Morgan fingerprint density at radius 1 is 1.16 bits per heavy atom. The number of halogens is 4. The van der Waals surface area contributed by atoms with Crippen molar-refractivity contribution >= 4 is 28.2 Å². The van der Waals surface area contributed by atoms with E-state index in [1.807, 2.05) is 0 Å². The van der Waals surface area contributed by atoms with E-state index in [4.69, 9.17) is 16.3 Å². The smallest absolute Gasteiger partial charge is 0.248 e. The van der Waals surface area contributed by atoms with Crippen LogP contribution in [0.3, 0.4) is 0 Å². The fraction of sp³-hybridized carbons (Fsp3) is 0.286. The first-order valence-corrected chi connectivity index (χ1v) is 9.80. The minimum Gasteiger partial charge on any atom is -0.490 e. The lowest BCUT2D eigenvalue weighted by molar-refractivity contribution is -0.108. The Kier molecular flexibility index (Phi) is 5.59. The van der Waals surface area contributed by atoms with Crippen LogP contribution in [0.1, 0.15) is 6.42 Å². The van der Waals surface area contributed by atoms with Gasteiger partial charge in [0.2, 0.25) is 5.56 Å². The van der Waals surface area contributed by atoms with Gasteiger partial charge in [0, 0.05) is 29.6 Å². The van der Waals surface area contributed by atoms with Gasteiger partial charge in [-0.25, -0.2) is 13.2 Å². The molecule has 1 aromatic heterocycles. The molecule has 1 saturated heterocycles. The number of pyridine rings is 1. The number of β-amino-alcohol motifs (C(OH)–C–C–N with tert-alkyl or cyclic N) is 1. The van der Waals surface area contributed by atoms with Gasteiger partial charge in [-0.2, -0.15) is 0 Å². The Balaban J connectivity index is 1.52. The summed E-state index contributed by atoms with van der Waals surface area (Å²) >= 11 is 5.65. The second kappa shape index (κ2) is 8.07. The third-order valence-electron chi connectivity index (χ3n) is 5.41. The summed E-state index contributed by atoms with van der Waals surface area (Å²) in [6.07, 6.45) is -1.44. The molecule has 3 N–H and O–H groups in total. The van der Waals surface area contributed by atoms with Gasteiger partial charge in [0.25, 0.3) is 0 Å². The molecule has 1 fully saturated rings. The van der Waals surface area contributed by atoms with Gasteiger partial charge in [0.15, 0.2) is 11.6 Å². The predicted octanol–water partition coefficient (Wildman–Crippen LogP) is 2.98. The normalized spacial score (nSPS) is 21.5. The zero-order valence-electron chi connectivity index (χ0n) is 16.0. The standard InChI is InChI=1S/C21H18ClF3N2O4/c22-11-7-14(24)20(15(25)8-11)27-6-5-21(30,17(28)9-27)10-31-16-3-2-13(23)19-12(16)1-4-18(29)26-19/h1-4,7-8,17,28,30H,5-6,9-10H2,(H,26,29). The van der Waals surface area contributed by atoms with Crippen molar-refractivity contribution in [3.63, 3.8) is 0 Å². The van der Waals surface area contributed by atoms with Gasteiger partial charge >= 0.3 is 0 Å². The molecule has 1 aliphatic rings. The van der Waals surface area contributed by atoms with Gasteiger partial charge < -0.3 is 24.8 Å². The summed E-state index contributed by atoms with van der Waals surface area (Å²) in [6, 6.07) is 7.01. The first-order chi connectivity index (χ1) is 14.7. The van der Waals surface area contributed by atoms with Gasteiger partial charge in [-0.05, 0) is 36.8 Å². The van der Waals surface area contributed by atoms with E-state index in [0.717, 1.165) is 18.2 Å². The number of aliphatic hydroxyl groups excluding tert-OH is 1. The third kappa shape index (κ3) is 4.08. The number of ether oxygens (including phenoxy) is 1. The molecule has 2 unspecified atom stereocenters. The molecular formula is C21H18ClF3N2O4. The van der Waals surface area contributed by atoms with Crippen molar-refractivity contribution in [1.29, 1.82) is 0 Å². The summed E-state index contributed by atoms with van der Waals surface area (Å²) in [7, 11) is 0. The van der Waals surface area contributed by atoms with Crippen LogP contribution in [0.5, 0.6) is 5.75 Å². The summed E-state index contributed by atoms with van der Waals surface area (Å²) in [5.74, 6) is -2.18. The molecule has 2 atom stereocenters. The third-order valence-corrected chi connectivity index (χ3v) is 5.63. The number of aromatic amines is 1. The maximum atomic E-state index is 14.2. The molecule has 2 heterocycles. The number of fused-ring (bicyclic) bond motifs is 1. The maximum Gasteiger partial charge on any atom is 0.248 e. The molecule has 10 heteroatoms. The van der Waals surface area contributed by atoms with Crippen LogP contribution in [0.25, 0.3) is 10.9 Å². The number of anilines is 1. The number of aromatic nitrogens is 1. The molecule has 0 spiro atoms. The zero-order valence-corrected chi connectivity index (χ0v) is 16.8. The monoisotopic (exact) mass is 454 g/mol. The minimum absolute atomic E-state index is 0.0407. The Morgan fingerprint density at radius 2 is 1.87 bits per heavy atom.